The van der Waals surface area contributed by atoms with E-state index >= 15 is 0 Å². The molecule has 0 bridgehead atoms. The van der Waals surface area contributed by atoms with E-state index in [-0.39, 0.29) is 24.3 Å². The number of amides is 2. The highest BCUT2D eigenvalue weighted by molar-refractivity contribution is 6.22. The van der Waals surface area contributed by atoms with Gasteiger partial charge in [0.15, 0.2) is 0 Å². The van der Waals surface area contributed by atoms with Gasteiger partial charge in [-0.15, -0.1) is 0 Å². The molecule has 1 aromatic carbocycles. The highest BCUT2D eigenvalue weighted by Gasteiger charge is 2.39. The van der Waals surface area contributed by atoms with Gasteiger partial charge in [-0.05, 0) is 31.9 Å². The van der Waals surface area contributed by atoms with Crippen molar-refractivity contribution < 1.29 is 14.3 Å². The van der Waals surface area contributed by atoms with Gasteiger partial charge in [-0.25, -0.2) is 4.90 Å². The standard InChI is InChI=1S/C16H20N2O3/c1-11-4-6-12(7-5-11)18-15(19)9-14(16(18)20)17-10-13-3-2-8-21-13/h4-7,13-14,17H,2-3,8-10H2,1H3/t13-,14-/m0/s1. The number of carbonyl (C=O) groups is 2. The zero-order chi connectivity index (χ0) is 14.8. The second-order valence-electron chi connectivity index (χ2n) is 5.70. The van der Waals surface area contributed by atoms with Crippen LogP contribution in [0, 0.1) is 6.92 Å². The smallest absolute Gasteiger partial charge is 0.251 e. The molecule has 2 saturated heterocycles. The molecule has 21 heavy (non-hydrogen) atoms. The largest absolute Gasteiger partial charge is 0.377 e. The predicted octanol–water partition coefficient (Wildman–Crippen LogP) is 1.40. The van der Waals surface area contributed by atoms with Gasteiger partial charge < -0.3 is 10.1 Å². The fraction of sp³-hybridized carbons (Fsp3) is 0.500. The molecule has 3 rings (SSSR count). The molecule has 1 aromatic rings. The fourth-order valence-electron chi connectivity index (χ4n) is 2.84. The van der Waals surface area contributed by atoms with Crippen LogP contribution in [0.1, 0.15) is 24.8 Å². The fourth-order valence-corrected chi connectivity index (χ4v) is 2.84. The molecule has 2 aliphatic rings. The molecular weight excluding hydrogens is 268 g/mol. The minimum Gasteiger partial charge on any atom is -0.377 e. The SMILES string of the molecule is Cc1ccc(N2C(=O)C[C@H](NC[C@@H]3CCCO3)C2=O)cc1. The summed E-state index contributed by atoms with van der Waals surface area (Å²) in [4.78, 5) is 25.8. The molecule has 2 heterocycles. The predicted molar refractivity (Wildman–Crippen MR) is 79.1 cm³/mol. The number of imide groups is 1. The Labute approximate surface area is 124 Å². The summed E-state index contributed by atoms with van der Waals surface area (Å²) < 4.78 is 5.53. The lowest BCUT2D eigenvalue weighted by molar-refractivity contribution is -0.121. The number of hydrogen-bond acceptors (Lipinski definition) is 4. The van der Waals surface area contributed by atoms with E-state index in [1.165, 1.54) is 4.90 Å². The van der Waals surface area contributed by atoms with Crippen LogP contribution in [0.5, 0.6) is 0 Å². The molecule has 0 radical (unpaired) electrons. The van der Waals surface area contributed by atoms with Crippen LogP contribution in [0.15, 0.2) is 24.3 Å². The van der Waals surface area contributed by atoms with Crippen LogP contribution in [0.2, 0.25) is 0 Å². The van der Waals surface area contributed by atoms with Gasteiger partial charge in [-0.2, -0.15) is 0 Å². The number of anilines is 1. The van der Waals surface area contributed by atoms with Crippen LogP contribution in [0.3, 0.4) is 0 Å². The molecule has 0 saturated carbocycles. The zero-order valence-corrected chi connectivity index (χ0v) is 12.2. The molecule has 5 nitrogen and oxygen atoms in total. The van der Waals surface area contributed by atoms with E-state index in [1.54, 1.807) is 0 Å². The number of rotatable bonds is 4. The lowest BCUT2D eigenvalue weighted by Gasteiger charge is -2.17. The number of ether oxygens (including phenoxy) is 1. The summed E-state index contributed by atoms with van der Waals surface area (Å²) in [6, 6.07) is 7.01. The van der Waals surface area contributed by atoms with Crippen LogP contribution < -0.4 is 10.2 Å². The Balaban J connectivity index is 1.65. The Morgan fingerprint density at radius 1 is 1.29 bits per heavy atom. The van der Waals surface area contributed by atoms with E-state index in [2.05, 4.69) is 5.32 Å². The number of nitrogens with zero attached hydrogens (tertiary/aromatic N) is 1. The minimum absolute atomic E-state index is 0.145. The number of aryl methyl sites for hydroxylation is 1. The molecule has 0 aromatic heterocycles. The Kier molecular flexibility index (Phi) is 4.03. The van der Waals surface area contributed by atoms with Crippen molar-refractivity contribution in [3.05, 3.63) is 29.8 Å². The van der Waals surface area contributed by atoms with Crippen molar-refractivity contribution in [1.82, 2.24) is 5.32 Å². The molecular formula is C16H20N2O3. The van der Waals surface area contributed by atoms with Gasteiger partial charge in [0.05, 0.1) is 24.3 Å². The second kappa shape index (κ2) is 5.95. The van der Waals surface area contributed by atoms with Crippen molar-refractivity contribution >= 4 is 17.5 Å². The molecule has 0 aliphatic carbocycles. The molecule has 0 spiro atoms. The van der Waals surface area contributed by atoms with Crippen molar-refractivity contribution in [2.24, 2.45) is 0 Å². The van der Waals surface area contributed by atoms with Gasteiger partial charge in [0.2, 0.25) is 5.91 Å². The van der Waals surface area contributed by atoms with Crippen LogP contribution in [0.4, 0.5) is 5.69 Å². The van der Waals surface area contributed by atoms with Gasteiger partial charge in [-0.1, -0.05) is 17.7 Å². The minimum atomic E-state index is -0.428. The Morgan fingerprint density at radius 2 is 2.05 bits per heavy atom. The maximum Gasteiger partial charge on any atom is 0.251 e. The van der Waals surface area contributed by atoms with Crippen molar-refractivity contribution in [3.8, 4) is 0 Å². The van der Waals surface area contributed by atoms with Gasteiger partial charge in [0.25, 0.3) is 5.91 Å². The molecule has 2 fully saturated rings. The number of hydrogen-bond donors (Lipinski definition) is 1. The monoisotopic (exact) mass is 288 g/mol. The molecule has 5 heteroatoms. The van der Waals surface area contributed by atoms with Crippen molar-refractivity contribution in [2.45, 2.75) is 38.3 Å². The Hall–Kier alpha value is -1.72. The van der Waals surface area contributed by atoms with E-state index in [0.29, 0.717) is 12.2 Å². The van der Waals surface area contributed by atoms with Crippen LogP contribution >= 0.6 is 0 Å². The molecule has 1 N–H and O–H groups in total. The van der Waals surface area contributed by atoms with Crippen molar-refractivity contribution in [1.29, 1.82) is 0 Å². The quantitative estimate of drug-likeness (QED) is 0.851. The summed E-state index contributed by atoms with van der Waals surface area (Å²) in [5.41, 5.74) is 1.75. The first-order valence-electron chi connectivity index (χ1n) is 7.43. The first-order valence-corrected chi connectivity index (χ1v) is 7.43. The third-order valence-corrected chi connectivity index (χ3v) is 4.05. The Morgan fingerprint density at radius 3 is 2.71 bits per heavy atom. The third kappa shape index (κ3) is 2.99. The van der Waals surface area contributed by atoms with Crippen molar-refractivity contribution in [3.63, 3.8) is 0 Å². The highest BCUT2D eigenvalue weighted by Crippen LogP contribution is 2.23. The molecule has 2 aliphatic heterocycles. The first-order chi connectivity index (χ1) is 10.1. The third-order valence-electron chi connectivity index (χ3n) is 4.05. The molecule has 2 atom stereocenters. The average Bonchev–Trinajstić information content (AvgIpc) is 3.07. The summed E-state index contributed by atoms with van der Waals surface area (Å²) in [6.07, 6.45) is 2.48. The van der Waals surface area contributed by atoms with Crippen LogP contribution in [0.25, 0.3) is 0 Å². The van der Waals surface area contributed by atoms with E-state index in [0.717, 1.165) is 25.0 Å². The molecule has 0 unspecified atom stereocenters. The summed E-state index contributed by atoms with van der Waals surface area (Å²) in [7, 11) is 0. The topological polar surface area (TPSA) is 58.6 Å². The van der Waals surface area contributed by atoms with E-state index in [1.807, 2.05) is 31.2 Å². The van der Waals surface area contributed by atoms with Gasteiger partial charge in [0, 0.05) is 13.2 Å². The maximum atomic E-state index is 12.4. The van der Waals surface area contributed by atoms with Gasteiger partial charge in [0.1, 0.15) is 0 Å². The average molecular weight is 288 g/mol. The van der Waals surface area contributed by atoms with Gasteiger partial charge >= 0.3 is 0 Å². The summed E-state index contributed by atoms with van der Waals surface area (Å²) in [6.45, 7) is 3.40. The van der Waals surface area contributed by atoms with E-state index < -0.39 is 6.04 Å². The molecule has 112 valence electrons. The number of carbonyl (C=O) groups excluding carboxylic acids is 2. The lowest BCUT2D eigenvalue weighted by Crippen LogP contribution is -2.41. The summed E-state index contributed by atoms with van der Waals surface area (Å²) in [5.74, 6) is -0.310. The highest BCUT2D eigenvalue weighted by atomic mass is 16.5. The van der Waals surface area contributed by atoms with Crippen LogP contribution in [-0.4, -0.2) is 37.1 Å². The number of benzene rings is 1. The van der Waals surface area contributed by atoms with Gasteiger partial charge in [-0.3, -0.25) is 9.59 Å². The Bertz CT molecular complexity index is 535. The van der Waals surface area contributed by atoms with Crippen molar-refractivity contribution in [2.75, 3.05) is 18.1 Å². The normalized spacial score (nSPS) is 25.9. The zero-order valence-electron chi connectivity index (χ0n) is 12.2. The summed E-state index contributed by atoms with van der Waals surface area (Å²) in [5, 5.41) is 3.18. The lowest BCUT2D eigenvalue weighted by atomic mass is 10.2. The van der Waals surface area contributed by atoms with Crippen LogP contribution in [-0.2, 0) is 14.3 Å². The van der Waals surface area contributed by atoms with E-state index in [9.17, 15) is 9.59 Å². The number of nitrogens with one attached hydrogen (secondary N) is 1. The summed E-state index contributed by atoms with van der Waals surface area (Å²) >= 11 is 0. The first kappa shape index (κ1) is 14.2. The second-order valence-corrected chi connectivity index (χ2v) is 5.70. The molecule has 2 amide bonds. The maximum absolute atomic E-state index is 12.4. The van der Waals surface area contributed by atoms with E-state index in [4.69, 9.17) is 4.74 Å².